The van der Waals surface area contributed by atoms with E-state index in [0.29, 0.717) is 31.6 Å². The van der Waals surface area contributed by atoms with Crippen molar-refractivity contribution in [1.29, 1.82) is 0 Å². The maximum atomic E-state index is 13.1. The quantitative estimate of drug-likeness (QED) is 0.0222. The number of aliphatic hydroxyl groups excluding tert-OH is 1. The van der Waals surface area contributed by atoms with Gasteiger partial charge in [-0.05, 0) is 37.5 Å². The molecule has 97 heavy (non-hydrogen) atoms. The van der Waals surface area contributed by atoms with Crippen molar-refractivity contribution in [3.05, 3.63) is 0 Å². The van der Waals surface area contributed by atoms with Crippen molar-refractivity contribution in [3.8, 4) is 0 Å². The van der Waals surface area contributed by atoms with E-state index in [1.807, 2.05) is 0 Å². The highest BCUT2D eigenvalue weighted by atomic mass is 31.2. The molecule has 0 spiro atoms. The minimum Gasteiger partial charge on any atom is -0.462 e. The third-order valence-corrected chi connectivity index (χ3v) is 20.5. The first-order valence-corrected chi connectivity index (χ1v) is 43.5. The summed E-state index contributed by atoms with van der Waals surface area (Å²) in [5.41, 5.74) is 0. The molecule has 3 unspecified atom stereocenters. The van der Waals surface area contributed by atoms with Gasteiger partial charge in [0.2, 0.25) is 0 Å². The molecule has 0 amide bonds. The summed E-state index contributed by atoms with van der Waals surface area (Å²) in [6.45, 7) is 9.56. The summed E-state index contributed by atoms with van der Waals surface area (Å²) in [4.78, 5) is 72.9. The van der Waals surface area contributed by atoms with E-state index in [1.165, 1.54) is 218 Å². The van der Waals surface area contributed by atoms with Crippen molar-refractivity contribution in [2.45, 2.75) is 426 Å². The van der Waals surface area contributed by atoms with Crippen molar-refractivity contribution < 1.29 is 80.2 Å². The predicted molar refractivity (Wildman–Crippen MR) is 395 cm³/mol. The molecular weight excluding hydrogens is 1270 g/mol. The van der Waals surface area contributed by atoms with Crippen molar-refractivity contribution in [2.75, 3.05) is 39.6 Å². The number of phosphoric ester groups is 2. The van der Waals surface area contributed by atoms with Gasteiger partial charge in [0, 0.05) is 25.7 Å². The Morgan fingerprint density at radius 2 is 0.526 bits per heavy atom. The molecule has 0 saturated carbocycles. The molecule has 0 saturated heterocycles. The standard InChI is InChI=1S/C78H152O17P2/c1-7-10-12-14-16-18-20-22-24-25-26-27-29-31-33-38-42-50-56-62-77(82)94-73(66-88-75(80)60-54-48-41-37-32-30-28-23-21-19-17-15-13-11-8-2)68-92-96(84,85)90-64-72(79)65-91-97(86,87)93-69-74(67-89-76(81)61-55-49-45-44-46-52-58-70(4)5)95-78(83)63-57-51-43-39-35-34-36-40-47-53-59-71(6)9-3/h70-74,79H,7-69H2,1-6H3,(H,84,85)(H,86,87)/t71?,72-,73-,74-/m1/s1. The fourth-order valence-electron chi connectivity index (χ4n) is 12.0. The second-order valence-corrected chi connectivity index (χ2v) is 31.7. The van der Waals surface area contributed by atoms with Crippen LogP contribution in [0.5, 0.6) is 0 Å². The van der Waals surface area contributed by atoms with Gasteiger partial charge in [-0.15, -0.1) is 0 Å². The number of rotatable bonds is 77. The number of hydrogen-bond acceptors (Lipinski definition) is 15. The molecule has 0 aromatic heterocycles. The van der Waals surface area contributed by atoms with E-state index in [4.69, 9.17) is 37.0 Å². The monoisotopic (exact) mass is 1420 g/mol. The van der Waals surface area contributed by atoms with Gasteiger partial charge < -0.3 is 33.8 Å². The van der Waals surface area contributed by atoms with E-state index in [-0.39, 0.29) is 25.7 Å². The average Bonchev–Trinajstić information content (AvgIpc) is 1.23. The molecule has 0 rings (SSSR count). The van der Waals surface area contributed by atoms with Gasteiger partial charge in [0.25, 0.3) is 0 Å². The zero-order valence-corrected chi connectivity index (χ0v) is 65.2. The first-order valence-electron chi connectivity index (χ1n) is 40.5. The number of hydrogen-bond donors (Lipinski definition) is 3. The highest BCUT2D eigenvalue weighted by Crippen LogP contribution is 2.45. The van der Waals surface area contributed by atoms with E-state index < -0.39 is 97.5 Å². The summed E-state index contributed by atoms with van der Waals surface area (Å²) in [7, 11) is -9.91. The van der Waals surface area contributed by atoms with Crippen LogP contribution in [0.2, 0.25) is 0 Å². The van der Waals surface area contributed by atoms with E-state index in [1.54, 1.807) is 0 Å². The van der Waals surface area contributed by atoms with Crippen LogP contribution in [0.1, 0.15) is 408 Å². The Hall–Kier alpha value is -1.94. The zero-order chi connectivity index (χ0) is 71.4. The topological polar surface area (TPSA) is 237 Å². The lowest BCUT2D eigenvalue weighted by molar-refractivity contribution is -0.161. The fraction of sp³-hybridized carbons (Fsp3) is 0.949. The van der Waals surface area contributed by atoms with Crippen molar-refractivity contribution in [1.82, 2.24) is 0 Å². The largest absolute Gasteiger partial charge is 0.472 e. The Morgan fingerprint density at radius 1 is 0.299 bits per heavy atom. The van der Waals surface area contributed by atoms with E-state index in [2.05, 4.69) is 41.5 Å². The lowest BCUT2D eigenvalue weighted by atomic mass is 9.99. The van der Waals surface area contributed by atoms with E-state index in [0.717, 1.165) is 102 Å². The van der Waals surface area contributed by atoms with Gasteiger partial charge in [-0.3, -0.25) is 37.3 Å². The number of ether oxygens (including phenoxy) is 4. The molecule has 0 aliphatic rings. The van der Waals surface area contributed by atoms with Crippen LogP contribution < -0.4 is 0 Å². The molecule has 3 N–H and O–H groups in total. The average molecular weight is 1420 g/mol. The van der Waals surface area contributed by atoms with Gasteiger partial charge in [-0.25, -0.2) is 9.13 Å². The second-order valence-electron chi connectivity index (χ2n) is 28.8. The minimum atomic E-state index is -4.96. The summed E-state index contributed by atoms with van der Waals surface area (Å²) >= 11 is 0. The van der Waals surface area contributed by atoms with Gasteiger partial charge >= 0.3 is 39.5 Å². The maximum absolute atomic E-state index is 13.1. The Morgan fingerprint density at radius 3 is 0.784 bits per heavy atom. The number of unbranched alkanes of at least 4 members (excludes halogenated alkanes) is 46. The smallest absolute Gasteiger partial charge is 0.462 e. The van der Waals surface area contributed by atoms with Crippen LogP contribution in [0.15, 0.2) is 0 Å². The normalized spacial score (nSPS) is 14.2. The third-order valence-electron chi connectivity index (χ3n) is 18.6. The van der Waals surface area contributed by atoms with Crippen molar-refractivity contribution in [3.63, 3.8) is 0 Å². The molecule has 0 aromatic rings. The van der Waals surface area contributed by atoms with Crippen LogP contribution >= 0.6 is 15.6 Å². The number of esters is 4. The van der Waals surface area contributed by atoms with E-state index in [9.17, 15) is 43.2 Å². The van der Waals surface area contributed by atoms with Crippen LogP contribution in [-0.2, 0) is 65.4 Å². The van der Waals surface area contributed by atoms with Crippen LogP contribution in [-0.4, -0.2) is 96.7 Å². The Bertz CT molecular complexity index is 1870. The SMILES string of the molecule is CCCCCCCCCCCCCCCCCCCCCC(=O)O[C@H](COC(=O)CCCCCCCCCCCCCCCCC)COP(=O)(O)OC[C@@H](O)COP(=O)(O)OC[C@@H](COC(=O)CCCCCCCCC(C)C)OC(=O)CCCCCCCCCCCCC(C)CC. The van der Waals surface area contributed by atoms with Gasteiger partial charge in [0.1, 0.15) is 19.3 Å². The summed E-state index contributed by atoms with van der Waals surface area (Å²) in [5, 5.41) is 10.6. The number of aliphatic hydroxyl groups is 1. The highest BCUT2D eigenvalue weighted by molar-refractivity contribution is 7.47. The Kier molecular flexibility index (Phi) is 68.4. The molecule has 576 valence electrons. The van der Waals surface area contributed by atoms with Crippen molar-refractivity contribution >= 4 is 39.5 Å². The molecule has 0 bridgehead atoms. The summed E-state index contributed by atoms with van der Waals surface area (Å²) < 4.78 is 68.6. The highest BCUT2D eigenvalue weighted by Gasteiger charge is 2.30. The number of phosphoric acid groups is 2. The minimum absolute atomic E-state index is 0.105. The predicted octanol–water partition coefficient (Wildman–Crippen LogP) is 23.1. The third kappa shape index (κ3) is 70.9. The zero-order valence-electron chi connectivity index (χ0n) is 63.4. The first-order chi connectivity index (χ1) is 46.9. The summed E-state index contributed by atoms with van der Waals surface area (Å²) in [6, 6.07) is 0. The molecule has 0 radical (unpaired) electrons. The van der Waals surface area contributed by atoms with Crippen LogP contribution in [0.25, 0.3) is 0 Å². The van der Waals surface area contributed by atoms with E-state index >= 15 is 0 Å². The molecule has 0 fully saturated rings. The Balaban J connectivity index is 5.23. The molecular formula is C78H152O17P2. The molecule has 6 atom stereocenters. The van der Waals surface area contributed by atoms with Gasteiger partial charge in [0.05, 0.1) is 26.4 Å². The summed E-state index contributed by atoms with van der Waals surface area (Å²) in [5.74, 6) is -0.632. The first kappa shape index (κ1) is 95.1. The molecule has 17 nitrogen and oxygen atoms in total. The van der Waals surface area contributed by atoms with Gasteiger partial charge in [-0.2, -0.15) is 0 Å². The molecule has 0 aromatic carbocycles. The lowest BCUT2D eigenvalue weighted by Crippen LogP contribution is -2.30. The molecule has 0 aliphatic heterocycles. The Labute approximate surface area is 594 Å². The van der Waals surface area contributed by atoms with Gasteiger partial charge in [0.15, 0.2) is 12.2 Å². The number of carbonyl (C=O) groups is 4. The fourth-order valence-corrected chi connectivity index (χ4v) is 13.6. The second kappa shape index (κ2) is 69.8. The number of carbonyl (C=O) groups excluding carboxylic acids is 4. The maximum Gasteiger partial charge on any atom is 0.472 e. The molecule has 0 heterocycles. The van der Waals surface area contributed by atoms with Crippen LogP contribution in [0, 0.1) is 11.8 Å². The van der Waals surface area contributed by atoms with Crippen molar-refractivity contribution in [2.24, 2.45) is 11.8 Å². The van der Waals surface area contributed by atoms with Gasteiger partial charge in [-0.1, -0.05) is 356 Å². The summed E-state index contributed by atoms with van der Waals surface area (Å²) in [6.07, 6.45) is 58.4. The molecule has 0 aliphatic carbocycles. The van der Waals surface area contributed by atoms with Crippen LogP contribution in [0.4, 0.5) is 0 Å². The lowest BCUT2D eigenvalue weighted by Gasteiger charge is -2.21. The van der Waals surface area contributed by atoms with Crippen LogP contribution in [0.3, 0.4) is 0 Å². The molecule has 19 heteroatoms.